The van der Waals surface area contributed by atoms with Gasteiger partial charge in [0.05, 0.1) is 11.3 Å². The SMILES string of the molecule is CC1=CNc2ccccc2C(=O)N1. The van der Waals surface area contributed by atoms with Crippen LogP contribution in [0.1, 0.15) is 17.3 Å². The van der Waals surface area contributed by atoms with Crippen LogP contribution in [0.2, 0.25) is 0 Å². The number of fused-ring (bicyclic) bond motifs is 1. The Hall–Kier alpha value is -1.77. The van der Waals surface area contributed by atoms with Gasteiger partial charge >= 0.3 is 0 Å². The first-order chi connectivity index (χ1) is 6.27. The Kier molecular flexibility index (Phi) is 1.77. The third-order valence-corrected chi connectivity index (χ3v) is 1.93. The highest BCUT2D eigenvalue weighted by molar-refractivity contribution is 6.01. The van der Waals surface area contributed by atoms with E-state index in [0.29, 0.717) is 5.56 Å². The average molecular weight is 174 g/mol. The van der Waals surface area contributed by atoms with E-state index in [9.17, 15) is 4.79 Å². The van der Waals surface area contributed by atoms with Crippen molar-refractivity contribution in [1.29, 1.82) is 0 Å². The Labute approximate surface area is 76.5 Å². The van der Waals surface area contributed by atoms with Gasteiger partial charge in [-0.1, -0.05) is 12.1 Å². The summed E-state index contributed by atoms with van der Waals surface area (Å²) < 4.78 is 0. The molecule has 1 heterocycles. The Bertz CT molecular complexity index is 382. The van der Waals surface area contributed by atoms with Crippen molar-refractivity contribution in [2.45, 2.75) is 6.92 Å². The second-order valence-electron chi connectivity index (χ2n) is 2.97. The first-order valence-electron chi connectivity index (χ1n) is 4.11. The Morgan fingerprint density at radius 3 is 2.85 bits per heavy atom. The van der Waals surface area contributed by atoms with Crippen LogP contribution >= 0.6 is 0 Å². The molecular formula is C10H10N2O. The van der Waals surface area contributed by atoms with Crippen molar-refractivity contribution in [2.24, 2.45) is 0 Å². The summed E-state index contributed by atoms with van der Waals surface area (Å²) in [7, 11) is 0. The summed E-state index contributed by atoms with van der Waals surface area (Å²) in [5.41, 5.74) is 2.34. The number of benzene rings is 1. The van der Waals surface area contributed by atoms with E-state index >= 15 is 0 Å². The highest BCUT2D eigenvalue weighted by atomic mass is 16.1. The lowest BCUT2D eigenvalue weighted by Crippen LogP contribution is -2.19. The number of anilines is 1. The topological polar surface area (TPSA) is 41.1 Å². The second kappa shape index (κ2) is 2.94. The number of rotatable bonds is 0. The average Bonchev–Trinajstić information content (AvgIpc) is 2.27. The lowest BCUT2D eigenvalue weighted by Gasteiger charge is -2.03. The standard InChI is InChI=1S/C10H10N2O/c1-7-6-11-9-5-3-2-4-8(9)10(13)12-7/h2-6,11H,1H3,(H,12,13). The minimum atomic E-state index is -0.0608. The highest BCUT2D eigenvalue weighted by Gasteiger charge is 2.12. The lowest BCUT2D eigenvalue weighted by atomic mass is 10.1. The summed E-state index contributed by atoms with van der Waals surface area (Å²) in [5.74, 6) is -0.0608. The van der Waals surface area contributed by atoms with Gasteiger partial charge in [0.15, 0.2) is 0 Å². The maximum Gasteiger partial charge on any atom is 0.257 e. The van der Waals surface area contributed by atoms with Crippen molar-refractivity contribution in [3.63, 3.8) is 0 Å². The van der Waals surface area contributed by atoms with Crippen molar-refractivity contribution >= 4 is 11.6 Å². The molecule has 0 aliphatic carbocycles. The van der Waals surface area contributed by atoms with Gasteiger partial charge in [-0.15, -0.1) is 0 Å². The van der Waals surface area contributed by atoms with Crippen LogP contribution in [0, 0.1) is 0 Å². The number of carbonyl (C=O) groups excluding carboxylic acids is 1. The summed E-state index contributed by atoms with van der Waals surface area (Å²) in [6.45, 7) is 1.84. The van der Waals surface area contributed by atoms with Crippen LogP contribution < -0.4 is 10.6 Å². The summed E-state index contributed by atoms with van der Waals surface area (Å²) in [6.07, 6.45) is 1.78. The number of allylic oxidation sites excluding steroid dienone is 1. The fourth-order valence-corrected chi connectivity index (χ4v) is 1.28. The number of para-hydroxylation sites is 1. The zero-order valence-corrected chi connectivity index (χ0v) is 7.29. The summed E-state index contributed by atoms with van der Waals surface area (Å²) in [5, 5.41) is 5.82. The molecule has 1 aromatic rings. The van der Waals surface area contributed by atoms with Crippen molar-refractivity contribution in [3.8, 4) is 0 Å². The van der Waals surface area contributed by atoms with E-state index in [1.54, 1.807) is 12.3 Å². The zero-order chi connectivity index (χ0) is 9.26. The van der Waals surface area contributed by atoms with Gasteiger partial charge in [0.25, 0.3) is 5.91 Å². The molecule has 0 aromatic heterocycles. The van der Waals surface area contributed by atoms with Crippen molar-refractivity contribution in [1.82, 2.24) is 5.32 Å². The number of nitrogens with one attached hydrogen (secondary N) is 2. The van der Waals surface area contributed by atoms with Crippen molar-refractivity contribution < 1.29 is 4.79 Å². The second-order valence-corrected chi connectivity index (χ2v) is 2.97. The third kappa shape index (κ3) is 1.40. The largest absolute Gasteiger partial charge is 0.359 e. The molecule has 3 heteroatoms. The van der Waals surface area contributed by atoms with E-state index in [2.05, 4.69) is 10.6 Å². The van der Waals surface area contributed by atoms with E-state index in [-0.39, 0.29) is 5.91 Å². The Morgan fingerprint density at radius 2 is 2.00 bits per heavy atom. The molecule has 0 bridgehead atoms. The van der Waals surface area contributed by atoms with Gasteiger partial charge < -0.3 is 10.6 Å². The van der Waals surface area contributed by atoms with Crippen LogP contribution in [0.5, 0.6) is 0 Å². The predicted molar refractivity (Wildman–Crippen MR) is 51.3 cm³/mol. The summed E-state index contributed by atoms with van der Waals surface area (Å²) in [4.78, 5) is 11.5. The van der Waals surface area contributed by atoms with Crippen LogP contribution in [-0.2, 0) is 0 Å². The van der Waals surface area contributed by atoms with Crippen LogP contribution in [0.15, 0.2) is 36.2 Å². The molecule has 0 saturated heterocycles. The minimum Gasteiger partial charge on any atom is -0.359 e. The molecule has 1 aliphatic rings. The van der Waals surface area contributed by atoms with Gasteiger partial charge in [-0.3, -0.25) is 4.79 Å². The van der Waals surface area contributed by atoms with Gasteiger partial charge in [-0.25, -0.2) is 0 Å². The van der Waals surface area contributed by atoms with Gasteiger partial charge in [0.2, 0.25) is 0 Å². The van der Waals surface area contributed by atoms with Crippen molar-refractivity contribution in [2.75, 3.05) is 5.32 Å². The molecule has 0 saturated carbocycles. The maximum absolute atomic E-state index is 11.5. The van der Waals surface area contributed by atoms with Crippen LogP contribution in [0.3, 0.4) is 0 Å². The highest BCUT2D eigenvalue weighted by Crippen LogP contribution is 2.17. The fourth-order valence-electron chi connectivity index (χ4n) is 1.28. The monoisotopic (exact) mass is 174 g/mol. The van der Waals surface area contributed by atoms with E-state index in [4.69, 9.17) is 0 Å². The molecule has 0 radical (unpaired) electrons. The smallest absolute Gasteiger partial charge is 0.257 e. The van der Waals surface area contributed by atoms with Gasteiger partial charge in [0, 0.05) is 11.9 Å². The van der Waals surface area contributed by atoms with Crippen LogP contribution in [-0.4, -0.2) is 5.91 Å². The van der Waals surface area contributed by atoms with Gasteiger partial charge in [0.1, 0.15) is 0 Å². The number of amides is 1. The molecule has 1 aliphatic heterocycles. The predicted octanol–water partition coefficient (Wildman–Crippen LogP) is 1.70. The third-order valence-electron chi connectivity index (χ3n) is 1.93. The Morgan fingerprint density at radius 1 is 1.23 bits per heavy atom. The minimum absolute atomic E-state index is 0.0608. The molecule has 0 spiro atoms. The quantitative estimate of drug-likeness (QED) is 0.628. The summed E-state index contributed by atoms with van der Waals surface area (Å²) in [6, 6.07) is 7.42. The van der Waals surface area contributed by atoms with E-state index in [0.717, 1.165) is 11.4 Å². The molecule has 2 rings (SSSR count). The summed E-state index contributed by atoms with van der Waals surface area (Å²) >= 11 is 0. The molecular weight excluding hydrogens is 164 g/mol. The molecule has 0 fully saturated rings. The molecule has 66 valence electrons. The number of carbonyl (C=O) groups is 1. The number of hydrogen-bond donors (Lipinski definition) is 2. The molecule has 0 atom stereocenters. The van der Waals surface area contributed by atoms with E-state index in [1.807, 2.05) is 25.1 Å². The fraction of sp³-hybridized carbons (Fsp3) is 0.100. The molecule has 2 N–H and O–H groups in total. The first-order valence-corrected chi connectivity index (χ1v) is 4.11. The zero-order valence-electron chi connectivity index (χ0n) is 7.29. The van der Waals surface area contributed by atoms with E-state index in [1.165, 1.54) is 0 Å². The molecule has 13 heavy (non-hydrogen) atoms. The van der Waals surface area contributed by atoms with Gasteiger partial charge in [-0.05, 0) is 19.1 Å². The van der Waals surface area contributed by atoms with Crippen LogP contribution in [0.25, 0.3) is 0 Å². The molecule has 0 unspecified atom stereocenters. The van der Waals surface area contributed by atoms with Gasteiger partial charge in [-0.2, -0.15) is 0 Å². The van der Waals surface area contributed by atoms with Crippen LogP contribution in [0.4, 0.5) is 5.69 Å². The molecule has 1 aromatic carbocycles. The van der Waals surface area contributed by atoms with Crippen molar-refractivity contribution in [3.05, 3.63) is 41.7 Å². The normalized spacial score (nSPS) is 14.8. The molecule has 3 nitrogen and oxygen atoms in total. The Balaban J connectivity index is 2.49. The molecule has 1 amide bonds. The number of hydrogen-bond acceptors (Lipinski definition) is 2. The lowest BCUT2D eigenvalue weighted by molar-refractivity contribution is 0.0967. The maximum atomic E-state index is 11.5. The first kappa shape index (κ1) is 7.86. The van der Waals surface area contributed by atoms with E-state index < -0.39 is 0 Å².